The van der Waals surface area contributed by atoms with Gasteiger partial charge in [0.15, 0.2) is 18.7 Å². The van der Waals surface area contributed by atoms with E-state index in [1.54, 1.807) is 0 Å². The second-order valence-corrected chi connectivity index (χ2v) is 19.4. The van der Waals surface area contributed by atoms with Crippen LogP contribution >= 0.6 is 0 Å². The Morgan fingerprint density at radius 3 is 1.38 bits per heavy atom. The molecule has 404 valence electrons. The maximum absolute atomic E-state index is 13.0. The molecule has 11 atom stereocenters. The molecule has 69 heavy (non-hydrogen) atoms. The van der Waals surface area contributed by atoms with Gasteiger partial charge in [0.2, 0.25) is 0 Å². The predicted molar refractivity (Wildman–Crippen MR) is 266 cm³/mol. The molecular weight excluding hydrogens is 889 g/mol. The van der Waals surface area contributed by atoms with E-state index in [2.05, 4.69) is 38.2 Å². The summed E-state index contributed by atoms with van der Waals surface area (Å²) < 4.78 is 33.6. The summed E-state index contributed by atoms with van der Waals surface area (Å²) in [6.07, 6.45) is 26.2. The zero-order chi connectivity index (χ0) is 50.3. The number of aliphatic hydroxyl groups is 7. The zero-order valence-electron chi connectivity index (χ0n) is 42.8. The molecule has 15 nitrogen and oxygen atoms in total. The minimum Gasteiger partial charge on any atom is -0.462 e. The normalized spacial score (nSPS) is 25.7. The van der Waals surface area contributed by atoms with Crippen LogP contribution in [-0.4, -0.2) is 142 Å². The van der Waals surface area contributed by atoms with Crippen LogP contribution in [0.15, 0.2) is 24.3 Å². The summed E-state index contributed by atoms with van der Waals surface area (Å²) in [4.78, 5) is 25.8. The molecule has 2 aliphatic heterocycles. The summed E-state index contributed by atoms with van der Waals surface area (Å²) in [6, 6.07) is 0. The van der Waals surface area contributed by atoms with E-state index in [1.807, 2.05) is 0 Å². The number of hydrogen-bond acceptors (Lipinski definition) is 15. The van der Waals surface area contributed by atoms with E-state index in [-0.39, 0.29) is 26.1 Å². The molecule has 0 saturated carbocycles. The van der Waals surface area contributed by atoms with Crippen LogP contribution < -0.4 is 0 Å². The first-order valence-corrected chi connectivity index (χ1v) is 27.4. The Hall–Kier alpha value is -2.02. The van der Waals surface area contributed by atoms with Gasteiger partial charge in [-0.25, -0.2) is 0 Å². The molecule has 7 N–H and O–H groups in total. The van der Waals surface area contributed by atoms with Gasteiger partial charge in [0.05, 0.1) is 19.8 Å². The second kappa shape index (κ2) is 41.5. The van der Waals surface area contributed by atoms with Gasteiger partial charge in [0.1, 0.15) is 55.4 Å². The van der Waals surface area contributed by atoms with E-state index < -0.39 is 92.7 Å². The van der Waals surface area contributed by atoms with E-state index in [0.717, 1.165) is 51.4 Å². The number of carbonyl (C=O) groups is 2. The SMILES string of the molecule is CCCCC/C=C/C/C=C/CCCCCCCCCCCC(=O)OC[C@@H](CO[C@@H]1O[C@H](CO[C@@H]2O[C@H](CO)[C@H](O)C(O)C2O)[C@H](O)C(O)C1O)OC(=O)CCCCCCCCCCCCCCCC. The van der Waals surface area contributed by atoms with Gasteiger partial charge in [0, 0.05) is 12.8 Å². The standard InChI is InChI=1S/C54H98O15/c1-3-5-7-9-11-13-15-17-19-20-21-22-23-25-26-28-30-32-34-36-45(56)64-39-42(67-46(57)37-35-33-31-29-27-24-18-16-14-12-10-8-6-4-2)40-65-53-52(63)50(61)48(59)44(69-53)41-66-54-51(62)49(60)47(58)43(38-55)68-54/h11,13,17,19,42-44,47-55,58-63H,3-10,12,14-16,18,20-41H2,1-2H3/b13-11+,19-17+/t42-,43+,44+,47-,48-,49?,50?,51?,52?,53+,54+/m0/s1. The van der Waals surface area contributed by atoms with Crippen molar-refractivity contribution in [1.82, 2.24) is 0 Å². The first-order valence-electron chi connectivity index (χ1n) is 27.4. The fraction of sp³-hybridized carbons (Fsp3) is 0.889. The summed E-state index contributed by atoms with van der Waals surface area (Å²) in [5.41, 5.74) is 0. The van der Waals surface area contributed by atoms with Crippen LogP contribution in [-0.2, 0) is 38.0 Å². The Morgan fingerprint density at radius 2 is 0.870 bits per heavy atom. The van der Waals surface area contributed by atoms with Crippen molar-refractivity contribution >= 4 is 11.9 Å². The van der Waals surface area contributed by atoms with Crippen molar-refractivity contribution in [2.45, 2.75) is 280 Å². The Bertz CT molecular complexity index is 1300. The highest BCUT2D eigenvalue weighted by molar-refractivity contribution is 5.70. The molecule has 0 bridgehead atoms. The molecule has 0 aliphatic carbocycles. The van der Waals surface area contributed by atoms with Crippen molar-refractivity contribution in [2.24, 2.45) is 0 Å². The maximum atomic E-state index is 13.0. The molecule has 0 spiro atoms. The molecular formula is C54H98O15. The summed E-state index contributed by atoms with van der Waals surface area (Å²) in [6.45, 7) is 2.59. The topological polar surface area (TPSA) is 231 Å². The van der Waals surface area contributed by atoms with Crippen molar-refractivity contribution < 1.29 is 73.8 Å². The van der Waals surface area contributed by atoms with Gasteiger partial charge in [-0.05, 0) is 44.9 Å². The highest BCUT2D eigenvalue weighted by atomic mass is 16.7. The van der Waals surface area contributed by atoms with Crippen molar-refractivity contribution in [3.05, 3.63) is 24.3 Å². The number of ether oxygens (including phenoxy) is 6. The maximum Gasteiger partial charge on any atom is 0.306 e. The number of carbonyl (C=O) groups excluding carboxylic acids is 2. The van der Waals surface area contributed by atoms with Gasteiger partial charge in [-0.3, -0.25) is 9.59 Å². The molecule has 0 aromatic heterocycles. The Kier molecular flexibility index (Phi) is 37.9. The summed E-state index contributed by atoms with van der Waals surface area (Å²) in [7, 11) is 0. The van der Waals surface area contributed by atoms with E-state index in [1.165, 1.54) is 122 Å². The van der Waals surface area contributed by atoms with Crippen molar-refractivity contribution in [3.8, 4) is 0 Å². The number of esters is 2. The first-order chi connectivity index (χ1) is 33.5. The second-order valence-electron chi connectivity index (χ2n) is 19.4. The van der Waals surface area contributed by atoms with Gasteiger partial charge in [-0.2, -0.15) is 0 Å². The molecule has 0 aromatic carbocycles. The largest absolute Gasteiger partial charge is 0.462 e. The van der Waals surface area contributed by atoms with Crippen LogP contribution in [0, 0.1) is 0 Å². The molecule has 2 saturated heterocycles. The Labute approximate surface area is 415 Å². The van der Waals surface area contributed by atoms with Crippen LogP contribution in [0.4, 0.5) is 0 Å². The van der Waals surface area contributed by atoms with Crippen molar-refractivity contribution in [1.29, 1.82) is 0 Å². The lowest BCUT2D eigenvalue weighted by atomic mass is 9.98. The summed E-state index contributed by atoms with van der Waals surface area (Å²) in [5.74, 6) is -0.920. The highest BCUT2D eigenvalue weighted by Gasteiger charge is 2.47. The number of aliphatic hydroxyl groups excluding tert-OH is 7. The molecule has 0 aromatic rings. The molecule has 2 rings (SSSR count). The lowest BCUT2D eigenvalue weighted by molar-refractivity contribution is -0.332. The lowest BCUT2D eigenvalue weighted by Gasteiger charge is -2.42. The van der Waals surface area contributed by atoms with Gasteiger partial charge >= 0.3 is 11.9 Å². The van der Waals surface area contributed by atoms with Gasteiger partial charge in [-0.1, -0.05) is 179 Å². The fourth-order valence-corrected chi connectivity index (χ4v) is 8.66. The van der Waals surface area contributed by atoms with Crippen LogP contribution in [0.25, 0.3) is 0 Å². The number of rotatable bonds is 43. The van der Waals surface area contributed by atoms with Gasteiger partial charge < -0.3 is 64.2 Å². The van der Waals surface area contributed by atoms with Crippen molar-refractivity contribution in [2.75, 3.05) is 26.4 Å². The lowest BCUT2D eigenvalue weighted by Crippen LogP contribution is -2.61. The van der Waals surface area contributed by atoms with E-state index in [9.17, 15) is 45.3 Å². The fourth-order valence-electron chi connectivity index (χ4n) is 8.66. The van der Waals surface area contributed by atoms with E-state index in [4.69, 9.17) is 28.4 Å². The third-order valence-corrected chi connectivity index (χ3v) is 13.2. The van der Waals surface area contributed by atoms with Crippen LogP contribution in [0.2, 0.25) is 0 Å². The minimum absolute atomic E-state index is 0.169. The molecule has 2 fully saturated rings. The highest BCUT2D eigenvalue weighted by Crippen LogP contribution is 2.27. The minimum atomic E-state index is -1.76. The number of allylic oxidation sites excluding steroid dienone is 4. The zero-order valence-corrected chi connectivity index (χ0v) is 42.8. The monoisotopic (exact) mass is 987 g/mol. The quantitative estimate of drug-likeness (QED) is 0.0173. The average Bonchev–Trinajstić information content (AvgIpc) is 3.34. The Morgan fingerprint density at radius 1 is 0.464 bits per heavy atom. The van der Waals surface area contributed by atoms with Crippen LogP contribution in [0.5, 0.6) is 0 Å². The summed E-state index contributed by atoms with van der Waals surface area (Å²) in [5, 5.41) is 72.1. The van der Waals surface area contributed by atoms with Gasteiger partial charge in [-0.15, -0.1) is 0 Å². The van der Waals surface area contributed by atoms with E-state index >= 15 is 0 Å². The Balaban J connectivity index is 1.77. The number of unbranched alkanes of at least 4 members (excludes halogenated alkanes) is 25. The van der Waals surface area contributed by atoms with Crippen LogP contribution in [0.1, 0.15) is 213 Å². The molecule has 0 radical (unpaired) electrons. The predicted octanol–water partition coefficient (Wildman–Crippen LogP) is 8.33. The molecule has 2 heterocycles. The van der Waals surface area contributed by atoms with Gasteiger partial charge in [0.25, 0.3) is 0 Å². The molecule has 4 unspecified atom stereocenters. The van der Waals surface area contributed by atoms with E-state index in [0.29, 0.717) is 12.8 Å². The first kappa shape index (κ1) is 63.1. The van der Waals surface area contributed by atoms with Crippen molar-refractivity contribution in [3.63, 3.8) is 0 Å². The third-order valence-electron chi connectivity index (χ3n) is 13.2. The summed E-state index contributed by atoms with van der Waals surface area (Å²) >= 11 is 0. The smallest absolute Gasteiger partial charge is 0.306 e. The average molecular weight is 987 g/mol. The third kappa shape index (κ3) is 29.3. The van der Waals surface area contributed by atoms with Crippen LogP contribution in [0.3, 0.4) is 0 Å². The molecule has 0 amide bonds. The molecule has 15 heteroatoms. The number of hydrogen-bond donors (Lipinski definition) is 7. The molecule has 2 aliphatic rings.